The molecule has 0 radical (unpaired) electrons. The van der Waals surface area contributed by atoms with Gasteiger partial charge >= 0.3 is 0 Å². The van der Waals surface area contributed by atoms with E-state index in [-0.39, 0.29) is 0 Å². The van der Waals surface area contributed by atoms with Crippen LogP contribution in [0.3, 0.4) is 0 Å². The molecule has 1 aromatic rings. The van der Waals surface area contributed by atoms with Crippen molar-refractivity contribution < 1.29 is 0 Å². The summed E-state index contributed by atoms with van der Waals surface area (Å²) in [5.41, 5.74) is 5.27. The second-order valence-electron chi connectivity index (χ2n) is 5.78. The van der Waals surface area contributed by atoms with E-state index in [0.29, 0.717) is 11.8 Å². The molecule has 1 rings (SSSR count). The lowest BCUT2D eigenvalue weighted by molar-refractivity contribution is 0.395. The van der Waals surface area contributed by atoms with Crippen molar-refractivity contribution in [3.63, 3.8) is 0 Å². The summed E-state index contributed by atoms with van der Waals surface area (Å²) in [5.74, 6) is 1.04. The average Bonchev–Trinajstić information content (AvgIpc) is 2.14. The number of hydrogen-bond acceptors (Lipinski definition) is 2. The van der Waals surface area contributed by atoms with Gasteiger partial charge in [0.05, 0.1) is 5.69 Å². The molecule has 0 spiro atoms. The van der Waals surface area contributed by atoms with E-state index in [1.54, 1.807) is 0 Å². The number of rotatable bonds is 4. The molecule has 2 nitrogen and oxygen atoms in total. The highest BCUT2D eigenvalue weighted by Crippen LogP contribution is 2.28. The van der Waals surface area contributed by atoms with E-state index >= 15 is 0 Å². The number of pyridine rings is 1. The zero-order chi connectivity index (χ0) is 13.2. The molecule has 0 aliphatic rings. The smallest absolute Gasteiger partial charge is 0.0550 e. The quantitative estimate of drug-likeness (QED) is 0.789. The fourth-order valence-electron chi connectivity index (χ4n) is 2.37. The van der Waals surface area contributed by atoms with E-state index in [1.165, 1.54) is 22.5 Å². The van der Waals surface area contributed by atoms with Crippen molar-refractivity contribution in [2.24, 2.45) is 0 Å². The van der Waals surface area contributed by atoms with Gasteiger partial charge in [0.2, 0.25) is 0 Å². The van der Waals surface area contributed by atoms with Crippen molar-refractivity contribution in [3.05, 3.63) is 28.6 Å². The summed E-state index contributed by atoms with van der Waals surface area (Å²) in [5, 5.41) is 0. The minimum atomic E-state index is 0.494. The Balaban J connectivity index is 3.26. The Kier molecular flexibility index (Phi) is 4.70. The van der Waals surface area contributed by atoms with Crippen molar-refractivity contribution in [1.29, 1.82) is 0 Å². The minimum Gasteiger partial charge on any atom is -0.304 e. The van der Waals surface area contributed by atoms with E-state index < -0.39 is 0 Å². The zero-order valence-corrected chi connectivity index (χ0v) is 12.3. The third-order valence-electron chi connectivity index (χ3n) is 2.95. The van der Waals surface area contributed by atoms with Crippen LogP contribution in [-0.4, -0.2) is 24.0 Å². The van der Waals surface area contributed by atoms with Crippen LogP contribution in [0.5, 0.6) is 0 Å². The summed E-state index contributed by atoms with van der Waals surface area (Å²) in [6.07, 6.45) is 0. The van der Waals surface area contributed by atoms with Crippen LogP contribution in [0.15, 0.2) is 6.07 Å². The van der Waals surface area contributed by atoms with Crippen LogP contribution in [0.2, 0.25) is 0 Å². The van der Waals surface area contributed by atoms with Gasteiger partial charge in [0.25, 0.3) is 0 Å². The van der Waals surface area contributed by atoms with Gasteiger partial charge in [0, 0.05) is 12.2 Å². The second-order valence-corrected chi connectivity index (χ2v) is 5.78. The van der Waals surface area contributed by atoms with Crippen LogP contribution >= 0.6 is 0 Å². The van der Waals surface area contributed by atoms with Gasteiger partial charge in [-0.15, -0.1) is 0 Å². The molecule has 0 bridgehead atoms. The molecule has 2 heteroatoms. The SMILES string of the molecule is Cc1cc(CN(C)C)nc(C(C)C)c1C(C)C. The molecule has 96 valence electrons. The Bertz CT molecular complexity index is 379. The summed E-state index contributed by atoms with van der Waals surface area (Å²) in [4.78, 5) is 7.02. The topological polar surface area (TPSA) is 16.1 Å². The summed E-state index contributed by atoms with van der Waals surface area (Å²) < 4.78 is 0. The normalized spacial score (nSPS) is 11.9. The van der Waals surface area contributed by atoms with E-state index in [0.717, 1.165) is 6.54 Å². The maximum absolute atomic E-state index is 4.85. The molecule has 0 saturated heterocycles. The molecule has 0 N–H and O–H groups in total. The monoisotopic (exact) mass is 234 g/mol. The summed E-state index contributed by atoms with van der Waals surface area (Å²) in [6.45, 7) is 12.1. The van der Waals surface area contributed by atoms with Crippen LogP contribution in [0.25, 0.3) is 0 Å². The summed E-state index contributed by atoms with van der Waals surface area (Å²) >= 11 is 0. The number of nitrogens with zero attached hydrogens (tertiary/aromatic N) is 2. The highest BCUT2D eigenvalue weighted by Gasteiger charge is 2.15. The van der Waals surface area contributed by atoms with Crippen LogP contribution in [0, 0.1) is 6.92 Å². The highest BCUT2D eigenvalue weighted by atomic mass is 15.1. The Morgan fingerprint density at radius 2 is 1.71 bits per heavy atom. The largest absolute Gasteiger partial charge is 0.304 e. The van der Waals surface area contributed by atoms with Gasteiger partial charge in [-0.25, -0.2) is 0 Å². The van der Waals surface area contributed by atoms with Crippen LogP contribution in [-0.2, 0) is 6.54 Å². The van der Waals surface area contributed by atoms with Gasteiger partial charge in [-0.3, -0.25) is 4.98 Å². The molecule has 1 heterocycles. The molecule has 0 amide bonds. The van der Waals surface area contributed by atoms with Gasteiger partial charge in [0.15, 0.2) is 0 Å². The molecule has 0 fully saturated rings. The summed E-state index contributed by atoms with van der Waals surface area (Å²) in [6, 6.07) is 2.24. The van der Waals surface area contributed by atoms with Crippen LogP contribution in [0.1, 0.15) is 62.0 Å². The van der Waals surface area contributed by atoms with Crippen molar-refractivity contribution >= 4 is 0 Å². The number of hydrogen-bond donors (Lipinski definition) is 0. The first-order valence-corrected chi connectivity index (χ1v) is 6.48. The molecule has 0 atom stereocenters. The van der Waals surface area contributed by atoms with Crippen molar-refractivity contribution in [2.45, 2.75) is 53.0 Å². The molecule has 0 unspecified atom stereocenters. The van der Waals surface area contributed by atoms with Crippen LogP contribution < -0.4 is 0 Å². The first-order valence-electron chi connectivity index (χ1n) is 6.48. The fraction of sp³-hybridized carbons (Fsp3) is 0.667. The van der Waals surface area contributed by atoms with E-state index in [4.69, 9.17) is 4.98 Å². The molecule has 0 saturated carbocycles. The second kappa shape index (κ2) is 5.63. The third-order valence-corrected chi connectivity index (χ3v) is 2.95. The lowest BCUT2D eigenvalue weighted by Crippen LogP contribution is -2.15. The van der Waals surface area contributed by atoms with E-state index in [9.17, 15) is 0 Å². The van der Waals surface area contributed by atoms with Crippen molar-refractivity contribution in [1.82, 2.24) is 9.88 Å². The lowest BCUT2D eigenvalue weighted by Gasteiger charge is -2.20. The third kappa shape index (κ3) is 3.53. The Labute approximate surface area is 106 Å². The van der Waals surface area contributed by atoms with Crippen molar-refractivity contribution in [3.8, 4) is 0 Å². The standard InChI is InChI=1S/C15H26N2/c1-10(2)14-12(5)8-13(9-17(6)7)16-15(14)11(3)4/h8,10-11H,9H2,1-7H3. The molecule has 17 heavy (non-hydrogen) atoms. The Morgan fingerprint density at radius 1 is 1.12 bits per heavy atom. The first kappa shape index (κ1) is 14.2. The van der Waals surface area contributed by atoms with Crippen molar-refractivity contribution in [2.75, 3.05) is 14.1 Å². The Morgan fingerprint density at radius 3 is 2.12 bits per heavy atom. The van der Waals surface area contributed by atoms with Gasteiger partial charge in [-0.1, -0.05) is 27.7 Å². The maximum Gasteiger partial charge on any atom is 0.0550 e. The van der Waals surface area contributed by atoms with Gasteiger partial charge < -0.3 is 4.90 Å². The van der Waals surface area contributed by atoms with Crippen LogP contribution in [0.4, 0.5) is 0 Å². The molecule has 1 aromatic heterocycles. The maximum atomic E-state index is 4.85. The van der Waals surface area contributed by atoms with Gasteiger partial charge in [0.1, 0.15) is 0 Å². The van der Waals surface area contributed by atoms with E-state index in [1.807, 2.05) is 0 Å². The molecule has 0 aromatic carbocycles. The molecule has 0 aliphatic carbocycles. The Hall–Kier alpha value is -0.890. The number of aromatic nitrogens is 1. The predicted molar refractivity (Wildman–Crippen MR) is 74.5 cm³/mol. The predicted octanol–water partition coefficient (Wildman–Crippen LogP) is 3.70. The fourth-order valence-corrected chi connectivity index (χ4v) is 2.37. The molecule has 0 aliphatic heterocycles. The van der Waals surface area contributed by atoms with Gasteiger partial charge in [-0.05, 0) is 50.0 Å². The average molecular weight is 234 g/mol. The van der Waals surface area contributed by atoms with E-state index in [2.05, 4.69) is 59.7 Å². The number of aryl methyl sites for hydroxylation is 1. The highest BCUT2D eigenvalue weighted by molar-refractivity contribution is 5.36. The molecular formula is C15H26N2. The first-order chi connectivity index (χ1) is 7.82. The zero-order valence-electron chi connectivity index (χ0n) is 12.3. The summed E-state index contributed by atoms with van der Waals surface area (Å²) in [7, 11) is 4.17. The molecular weight excluding hydrogens is 208 g/mol. The minimum absolute atomic E-state index is 0.494. The lowest BCUT2D eigenvalue weighted by atomic mass is 9.91. The van der Waals surface area contributed by atoms with Gasteiger partial charge in [-0.2, -0.15) is 0 Å².